The first-order chi connectivity index (χ1) is 14.6. The molecule has 2 aliphatic heterocycles. The Hall–Kier alpha value is -2.19. The van der Waals surface area contributed by atoms with Gasteiger partial charge in [-0.1, -0.05) is 6.08 Å². The van der Waals surface area contributed by atoms with Crippen LogP contribution in [-0.4, -0.2) is 73.0 Å². The number of β-amino-alcohol motifs (C(OH)–C–C–N with tert-alkyl or cyclic N) is 1. The summed E-state index contributed by atoms with van der Waals surface area (Å²) >= 11 is 1.76. The first-order valence-corrected chi connectivity index (χ1v) is 11.5. The summed E-state index contributed by atoms with van der Waals surface area (Å²) in [5, 5.41) is 23.0. The molecule has 0 amide bonds. The summed E-state index contributed by atoms with van der Waals surface area (Å²) in [6, 6.07) is 14.4. The molecule has 0 bridgehead atoms. The molecular formula is C23H29N3O3S. The quantitative estimate of drug-likeness (QED) is 0.587. The first kappa shape index (κ1) is 21.1. The van der Waals surface area contributed by atoms with Crippen molar-refractivity contribution in [2.75, 3.05) is 55.8 Å². The number of benzene rings is 2. The molecular weight excluding hydrogens is 398 g/mol. The molecule has 2 aromatic rings. The standard InChI is InChI=1S/C23H29N3O3S/c1-30-21-6-3-18(4-7-21)26-12-10-25(11-13-26)15-19(27)16-29-20-5-8-22-17(14-20)2-9-23(28)24-22/h2-9,14,19,23-24,27-28H,10-13,15-16H2,1H3/t19-,23?/m0/s1. The number of hydrogen-bond acceptors (Lipinski definition) is 7. The zero-order valence-electron chi connectivity index (χ0n) is 17.2. The Balaban J connectivity index is 1.22. The van der Waals surface area contributed by atoms with Gasteiger partial charge in [0.05, 0.1) is 0 Å². The van der Waals surface area contributed by atoms with Crippen molar-refractivity contribution in [1.29, 1.82) is 0 Å². The van der Waals surface area contributed by atoms with E-state index in [0.29, 0.717) is 12.3 Å². The van der Waals surface area contributed by atoms with Gasteiger partial charge in [-0.25, -0.2) is 0 Å². The zero-order chi connectivity index (χ0) is 20.9. The topological polar surface area (TPSA) is 68.2 Å². The van der Waals surface area contributed by atoms with Crippen molar-refractivity contribution in [3.05, 3.63) is 54.1 Å². The van der Waals surface area contributed by atoms with E-state index >= 15 is 0 Å². The SMILES string of the molecule is CSc1ccc(N2CCN(C[C@H](O)COc3ccc4c(c3)C=CC(O)N4)CC2)cc1. The predicted octanol–water partition coefficient (Wildman–Crippen LogP) is 2.73. The number of ether oxygens (including phenoxy) is 1. The highest BCUT2D eigenvalue weighted by atomic mass is 32.2. The number of nitrogens with one attached hydrogen (secondary N) is 1. The van der Waals surface area contributed by atoms with Crippen LogP contribution in [0.4, 0.5) is 11.4 Å². The lowest BCUT2D eigenvalue weighted by Crippen LogP contribution is -2.49. The van der Waals surface area contributed by atoms with Crippen molar-refractivity contribution in [2.45, 2.75) is 17.2 Å². The molecule has 1 saturated heterocycles. The average Bonchev–Trinajstić information content (AvgIpc) is 2.78. The highest BCUT2D eigenvalue weighted by molar-refractivity contribution is 7.98. The van der Waals surface area contributed by atoms with Gasteiger partial charge in [0.2, 0.25) is 0 Å². The third-order valence-electron chi connectivity index (χ3n) is 5.51. The van der Waals surface area contributed by atoms with Gasteiger partial charge >= 0.3 is 0 Å². The van der Waals surface area contributed by atoms with Crippen LogP contribution in [0, 0.1) is 0 Å². The Kier molecular flexibility index (Phi) is 6.84. The third-order valence-corrected chi connectivity index (χ3v) is 6.25. The molecule has 0 aromatic heterocycles. The number of hydrogen-bond donors (Lipinski definition) is 3. The molecule has 160 valence electrons. The minimum absolute atomic E-state index is 0.259. The maximum atomic E-state index is 10.4. The Morgan fingerprint density at radius 1 is 1.13 bits per heavy atom. The molecule has 0 spiro atoms. The number of aliphatic hydroxyl groups excluding tert-OH is 2. The van der Waals surface area contributed by atoms with Crippen molar-refractivity contribution in [3.8, 4) is 5.75 Å². The van der Waals surface area contributed by atoms with Crippen molar-refractivity contribution in [3.63, 3.8) is 0 Å². The molecule has 6 nitrogen and oxygen atoms in total. The highest BCUT2D eigenvalue weighted by Gasteiger charge is 2.20. The van der Waals surface area contributed by atoms with Crippen LogP contribution in [0.2, 0.25) is 0 Å². The van der Waals surface area contributed by atoms with Gasteiger partial charge in [0.1, 0.15) is 24.7 Å². The van der Waals surface area contributed by atoms with Crippen LogP contribution in [-0.2, 0) is 0 Å². The smallest absolute Gasteiger partial charge is 0.144 e. The van der Waals surface area contributed by atoms with Gasteiger partial charge in [-0.3, -0.25) is 4.90 Å². The van der Waals surface area contributed by atoms with Gasteiger partial charge in [-0.2, -0.15) is 0 Å². The van der Waals surface area contributed by atoms with Gasteiger partial charge in [0, 0.05) is 54.6 Å². The average molecular weight is 428 g/mol. The molecule has 7 heteroatoms. The monoisotopic (exact) mass is 427 g/mol. The summed E-state index contributed by atoms with van der Waals surface area (Å²) in [5.41, 5.74) is 3.10. The Bertz CT molecular complexity index is 866. The molecule has 2 atom stereocenters. The number of aliphatic hydroxyl groups is 2. The van der Waals surface area contributed by atoms with Crippen LogP contribution in [0.1, 0.15) is 5.56 Å². The number of thioether (sulfide) groups is 1. The van der Waals surface area contributed by atoms with E-state index in [9.17, 15) is 10.2 Å². The van der Waals surface area contributed by atoms with E-state index in [0.717, 1.165) is 37.4 Å². The molecule has 1 fully saturated rings. The number of nitrogens with zero attached hydrogens (tertiary/aromatic N) is 2. The number of fused-ring (bicyclic) bond motifs is 1. The van der Waals surface area contributed by atoms with E-state index < -0.39 is 12.3 Å². The van der Waals surface area contributed by atoms with E-state index in [4.69, 9.17) is 4.74 Å². The Morgan fingerprint density at radius 2 is 1.90 bits per heavy atom. The largest absolute Gasteiger partial charge is 0.491 e. The number of rotatable bonds is 7. The lowest BCUT2D eigenvalue weighted by molar-refractivity contribution is 0.0663. The van der Waals surface area contributed by atoms with Crippen LogP contribution >= 0.6 is 11.8 Å². The maximum absolute atomic E-state index is 10.4. The second-order valence-electron chi connectivity index (χ2n) is 7.65. The van der Waals surface area contributed by atoms with Crippen molar-refractivity contribution in [2.24, 2.45) is 0 Å². The fourth-order valence-corrected chi connectivity index (χ4v) is 4.24. The van der Waals surface area contributed by atoms with Crippen molar-refractivity contribution >= 4 is 29.2 Å². The van der Waals surface area contributed by atoms with Gasteiger partial charge in [-0.05, 0) is 54.8 Å². The maximum Gasteiger partial charge on any atom is 0.144 e. The second-order valence-corrected chi connectivity index (χ2v) is 8.53. The van der Waals surface area contributed by atoms with Crippen LogP contribution in [0.15, 0.2) is 53.4 Å². The van der Waals surface area contributed by atoms with Crippen molar-refractivity contribution < 1.29 is 14.9 Å². The molecule has 0 radical (unpaired) electrons. The van der Waals surface area contributed by atoms with E-state index in [-0.39, 0.29) is 6.61 Å². The Labute approximate surface area is 182 Å². The summed E-state index contributed by atoms with van der Waals surface area (Å²) < 4.78 is 5.80. The fourth-order valence-electron chi connectivity index (χ4n) is 3.83. The summed E-state index contributed by atoms with van der Waals surface area (Å²) in [5.74, 6) is 0.717. The molecule has 30 heavy (non-hydrogen) atoms. The molecule has 2 heterocycles. The lowest BCUT2D eigenvalue weighted by atomic mass is 10.1. The second kappa shape index (κ2) is 9.75. The van der Waals surface area contributed by atoms with Gasteiger partial charge in [0.25, 0.3) is 0 Å². The zero-order valence-corrected chi connectivity index (χ0v) is 18.0. The predicted molar refractivity (Wildman–Crippen MR) is 123 cm³/mol. The van der Waals surface area contributed by atoms with Gasteiger partial charge < -0.3 is 25.2 Å². The van der Waals surface area contributed by atoms with Gasteiger partial charge in [-0.15, -0.1) is 11.8 Å². The Morgan fingerprint density at radius 3 is 2.63 bits per heavy atom. The fraction of sp³-hybridized carbons (Fsp3) is 0.391. The third kappa shape index (κ3) is 5.29. The van der Waals surface area contributed by atoms with E-state index in [2.05, 4.69) is 45.6 Å². The highest BCUT2D eigenvalue weighted by Crippen LogP contribution is 2.27. The molecule has 3 N–H and O–H groups in total. The summed E-state index contributed by atoms with van der Waals surface area (Å²) in [7, 11) is 0. The molecule has 2 aliphatic rings. The molecule has 0 aliphatic carbocycles. The van der Waals surface area contributed by atoms with Gasteiger partial charge in [0.15, 0.2) is 0 Å². The minimum Gasteiger partial charge on any atom is -0.491 e. The lowest BCUT2D eigenvalue weighted by Gasteiger charge is -2.36. The first-order valence-electron chi connectivity index (χ1n) is 10.3. The molecule has 2 aromatic carbocycles. The molecule has 0 saturated carbocycles. The van der Waals surface area contributed by atoms with E-state index in [1.807, 2.05) is 24.3 Å². The molecule has 4 rings (SSSR count). The van der Waals surface area contributed by atoms with E-state index in [1.165, 1.54) is 10.6 Å². The van der Waals surface area contributed by atoms with Crippen LogP contribution < -0.4 is 15.0 Å². The summed E-state index contributed by atoms with van der Waals surface area (Å²) in [6.07, 6.45) is 4.46. The normalized spacial score (nSPS) is 19.8. The summed E-state index contributed by atoms with van der Waals surface area (Å²) in [6.45, 7) is 4.65. The van der Waals surface area contributed by atoms with Crippen molar-refractivity contribution in [1.82, 2.24) is 4.90 Å². The van der Waals surface area contributed by atoms with Crippen LogP contribution in [0.25, 0.3) is 6.08 Å². The molecule has 1 unspecified atom stereocenters. The van der Waals surface area contributed by atoms with Crippen LogP contribution in [0.5, 0.6) is 5.75 Å². The number of anilines is 2. The summed E-state index contributed by atoms with van der Waals surface area (Å²) in [4.78, 5) is 5.97. The van der Waals surface area contributed by atoms with E-state index in [1.54, 1.807) is 17.8 Å². The minimum atomic E-state index is -0.652. The van der Waals surface area contributed by atoms with Crippen LogP contribution in [0.3, 0.4) is 0 Å². The number of piperazine rings is 1.